The van der Waals surface area contributed by atoms with Crippen LogP contribution < -0.4 is 5.32 Å². The summed E-state index contributed by atoms with van der Waals surface area (Å²) in [6.45, 7) is 4.45. The molecule has 1 aromatic heterocycles. The van der Waals surface area contributed by atoms with E-state index in [-0.39, 0.29) is 5.54 Å². The number of rotatable bonds is 4. The summed E-state index contributed by atoms with van der Waals surface area (Å²) in [4.78, 5) is 12.6. The molecule has 3 rings (SSSR count). The van der Waals surface area contributed by atoms with Crippen molar-refractivity contribution in [3.8, 4) is 0 Å². The molecule has 1 aliphatic rings. The third kappa shape index (κ3) is 2.56. The molecule has 0 radical (unpaired) electrons. The molecule has 0 amide bonds. The smallest absolute Gasteiger partial charge is 0.345 e. The van der Waals surface area contributed by atoms with Crippen molar-refractivity contribution in [3.63, 3.8) is 0 Å². The highest BCUT2D eigenvalue weighted by atomic mass is 32.1. The molecule has 3 nitrogen and oxygen atoms in total. The van der Waals surface area contributed by atoms with Gasteiger partial charge in [0.1, 0.15) is 4.88 Å². The average molecular weight is 301 g/mol. The van der Waals surface area contributed by atoms with Gasteiger partial charge in [0.25, 0.3) is 0 Å². The minimum Gasteiger partial charge on any atom is -0.477 e. The summed E-state index contributed by atoms with van der Waals surface area (Å²) in [6.07, 6.45) is 1.85. The van der Waals surface area contributed by atoms with Gasteiger partial charge < -0.3 is 10.4 Å². The van der Waals surface area contributed by atoms with Crippen LogP contribution in [-0.2, 0) is 12.8 Å². The van der Waals surface area contributed by atoms with Crippen LogP contribution in [0.15, 0.2) is 36.4 Å². The Balaban J connectivity index is 1.88. The number of nitrogens with one attached hydrogen (secondary N) is 1. The highest BCUT2D eigenvalue weighted by Crippen LogP contribution is 2.40. The molecule has 0 fully saturated rings. The van der Waals surface area contributed by atoms with Crippen molar-refractivity contribution < 1.29 is 9.90 Å². The van der Waals surface area contributed by atoms with E-state index >= 15 is 0 Å². The first-order valence-corrected chi connectivity index (χ1v) is 8.00. The Bertz CT molecular complexity index is 650. The number of benzene rings is 1. The van der Waals surface area contributed by atoms with Gasteiger partial charge in [0.2, 0.25) is 0 Å². The second kappa shape index (κ2) is 5.19. The topological polar surface area (TPSA) is 49.3 Å². The van der Waals surface area contributed by atoms with E-state index in [1.54, 1.807) is 6.07 Å². The Morgan fingerprint density at radius 3 is 2.71 bits per heavy atom. The molecule has 1 aromatic carbocycles. The number of anilines is 1. The van der Waals surface area contributed by atoms with Crippen molar-refractivity contribution in [1.29, 1.82) is 0 Å². The van der Waals surface area contributed by atoms with E-state index in [9.17, 15) is 4.79 Å². The second-order valence-corrected chi connectivity index (χ2v) is 7.19. The van der Waals surface area contributed by atoms with E-state index in [4.69, 9.17) is 5.11 Å². The van der Waals surface area contributed by atoms with Gasteiger partial charge >= 0.3 is 5.97 Å². The molecule has 0 bridgehead atoms. The lowest BCUT2D eigenvalue weighted by Crippen LogP contribution is -2.43. The monoisotopic (exact) mass is 301 g/mol. The van der Waals surface area contributed by atoms with Crippen LogP contribution in [0, 0.1) is 5.92 Å². The molecule has 2 aromatic rings. The number of carboxylic acid groups (broad SMARTS) is 1. The number of hydrogen-bond donors (Lipinski definition) is 2. The average Bonchev–Trinajstić information content (AvgIpc) is 3.03. The van der Waals surface area contributed by atoms with Crippen LogP contribution in [0.3, 0.4) is 0 Å². The van der Waals surface area contributed by atoms with Gasteiger partial charge in [-0.2, -0.15) is 0 Å². The Morgan fingerprint density at radius 1 is 1.33 bits per heavy atom. The summed E-state index contributed by atoms with van der Waals surface area (Å²) in [5, 5.41) is 12.8. The fourth-order valence-electron chi connectivity index (χ4n) is 3.01. The molecule has 2 N–H and O–H groups in total. The highest BCUT2D eigenvalue weighted by molar-refractivity contribution is 7.13. The zero-order valence-electron chi connectivity index (χ0n) is 12.2. The first kappa shape index (κ1) is 14.1. The predicted molar refractivity (Wildman–Crippen MR) is 86.3 cm³/mol. The number of fused-ring (bicyclic) bond motifs is 1. The fourth-order valence-corrected chi connectivity index (χ4v) is 3.98. The summed E-state index contributed by atoms with van der Waals surface area (Å²) in [5.74, 6) is -0.382. The number of aromatic carboxylic acids is 1. The third-order valence-electron chi connectivity index (χ3n) is 4.37. The van der Waals surface area contributed by atoms with Crippen LogP contribution in [0.5, 0.6) is 0 Å². The summed E-state index contributed by atoms with van der Waals surface area (Å²) in [6, 6.07) is 12.1. The number of para-hydroxylation sites is 1. The van der Waals surface area contributed by atoms with Crippen molar-refractivity contribution in [2.75, 3.05) is 5.32 Å². The van der Waals surface area contributed by atoms with Gasteiger partial charge in [0, 0.05) is 22.5 Å². The largest absolute Gasteiger partial charge is 0.477 e. The van der Waals surface area contributed by atoms with Gasteiger partial charge in [-0.3, -0.25) is 0 Å². The summed E-state index contributed by atoms with van der Waals surface area (Å²) >= 11 is 1.38. The fraction of sp³-hybridized carbons (Fsp3) is 0.353. The molecule has 1 unspecified atom stereocenters. The third-order valence-corrected chi connectivity index (χ3v) is 5.45. The highest BCUT2D eigenvalue weighted by Gasteiger charge is 2.39. The predicted octanol–water partition coefficient (Wildman–Crippen LogP) is 4.05. The van der Waals surface area contributed by atoms with Crippen LogP contribution in [-0.4, -0.2) is 16.6 Å². The quantitative estimate of drug-likeness (QED) is 0.895. The van der Waals surface area contributed by atoms with E-state index in [0.717, 1.165) is 17.7 Å². The SMILES string of the molecule is CC(C)C1(Cc2ccc(C(=O)O)s2)Cc2ccccc2N1. The van der Waals surface area contributed by atoms with Crippen LogP contribution in [0.25, 0.3) is 0 Å². The molecule has 1 aliphatic heterocycles. The molecule has 0 spiro atoms. The van der Waals surface area contributed by atoms with Gasteiger partial charge in [0.05, 0.1) is 0 Å². The molecule has 2 heterocycles. The van der Waals surface area contributed by atoms with Crippen molar-refractivity contribution in [2.45, 2.75) is 32.2 Å². The van der Waals surface area contributed by atoms with E-state index in [0.29, 0.717) is 10.8 Å². The molecule has 21 heavy (non-hydrogen) atoms. The summed E-state index contributed by atoms with van der Waals surface area (Å²) in [7, 11) is 0. The number of thiophene rings is 1. The van der Waals surface area contributed by atoms with Crippen molar-refractivity contribution in [2.24, 2.45) is 5.92 Å². The molecule has 110 valence electrons. The minimum atomic E-state index is -0.840. The normalized spacial score (nSPS) is 20.3. The van der Waals surface area contributed by atoms with E-state index in [1.165, 1.54) is 22.6 Å². The lowest BCUT2D eigenvalue weighted by atomic mass is 9.80. The van der Waals surface area contributed by atoms with Crippen LogP contribution in [0.4, 0.5) is 5.69 Å². The zero-order chi connectivity index (χ0) is 15.0. The Labute approximate surface area is 128 Å². The van der Waals surface area contributed by atoms with Crippen LogP contribution in [0.1, 0.15) is 34.0 Å². The molecular weight excluding hydrogens is 282 g/mol. The molecule has 1 atom stereocenters. The maximum Gasteiger partial charge on any atom is 0.345 e. The zero-order valence-corrected chi connectivity index (χ0v) is 13.0. The van der Waals surface area contributed by atoms with Gasteiger partial charge in [-0.1, -0.05) is 32.0 Å². The van der Waals surface area contributed by atoms with Gasteiger partial charge in [-0.05, 0) is 36.1 Å². The first-order valence-electron chi connectivity index (χ1n) is 7.18. The van der Waals surface area contributed by atoms with Crippen molar-refractivity contribution in [1.82, 2.24) is 0 Å². The lowest BCUT2D eigenvalue weighted by molar-refractivity contribution is 0.0702. The van der Waals surface area contributed by atoms with E-state index in [2.05, 4.69) is 43.4 Å². The number of carbonyl (C=O) groups is 1. The van der Waals surface area contributed by atoms with Gasteiger partial charge in [0.15, 0.2) is 0 Å². The molecule has 0 saturated carbocycles. The second-order valence-electron chi connectivity index (χ2n) is 6.02. The Morgan fingerprint density at radius 2 is 2.10 bits per heavy atom. The maximum atomic E-state index is 11.0. The molecule has 4 heteroatoms. The van der Waals surface area contributed by atoms with Gasteiger partial charge in [-0.15, -0.1) is 11.3 Å². The minimum absolute atomic E-state index is 0.0235. The Hall–Kier alpha value is -1.81. The van der Waals surface area contributed by atoms with E-state index in [1.807, 2.05) is 6.07 Å². The molecule has 0 aliphatic carbocycles. The summed E-state index contributed by atoms with van der Waals surface area (Å²) < 4.78 is 0. The number of carboxylic acids is 1. The number of hydrogen-bond acceptors (Lipinski definition) is 3. The van der Waals surface area contributed by atoms with Crippen LogP contribution >= 0.6 is 11.3 Å². The van der Waals surface area contributed by atoms with Crippen molar-refractivity contribution >= 4 is 23.0 Å². The van der Waals surface area contributed by atoms with E-state index < -0.39 is 5.97 Å². The van der Waals surface area contributed by atoms with Gasteiger partial charge in [-0.25, -0.2) is 4.79 Å². The molecular formula is C17H19NO2S. The van der Waals surface area contributed by atoms with Crippen molar-refractivity contribution in [3.05, 3.63) is 51.7 Å². The first-order chi connectivity index (χ1) is 10.00. The standard InChI is InChI=1S/C17H19NO2S/c1-11(2)17(9-12-5-3-4-6-14(12)18-17)10-13-7-8-15(21-13)16(19)20/h3-8,11,18H,9-10H2,1-2H3,(H,19,20). The lowest BCUT2D eigenvalue weighted by Gasteiger charge is -2.34. The van der Waals surface area contributed by atoms with Crippen LogP contribution in [0.2, 0.25) is 0 Å². The Kier molecular flexibility index (Phi) is 3.49. The molecule has 0 saturated heterocycles. The maximum absolute atomic E-state index is 11.0. The summed E-state index contributed by atoms with van der Waals surface area (Å²) in [5.41, 5.74) is 2.53.